The summed E-state index contributed by atoms with van der Waals surface area (Å²) in [6, 6.07) is 12.5. The number of nitrogens with zero attached hydrogens (tertiary/aromatic N) is 1. The van der Waals surface area contributed by atoms with Gasteiger partial charge in [-0.05, 0) is 43.2 Å². The third-order valence-corrected chi connectivity index (χ3v) is 4.49. The molecule has 0 saturated carbocycles. The molecule has 1 N–H and O–H groups in total. The Morgan fingerprint density at radius 2 is 1.95 bits per heavy atom. The number of aryl methyl sites for hydroxylation is 2. The summed E-state index contributed by atoms with van der Waals surface area (Å²) in [5.74, 6) is 0. The minimum absolute atomic E-state index is 0.936. The zero-order valence-electron chi connectivity index (χ0n) is 10.7. The number of rotatable bonds is 2. The van der Waals surface area contributed by atoms with Crippen molar-refractivity contribution in [2.24, 2.45) is 0 Å². The third kappa shape index (κ3) is 2.51. The van der Waals surface area contributed by atoms with Crippen molar-refractivity contribution in [1.29, 1.82) is 0 Å². The molecular weight excluding hydrogens is 320 g/mol. The molecule has 0 unspecified atom stereocenters. The van der Waals surface area contributed by atoms with Crippen LogP contribution in [0, 0.1) is 13.8 Å². The van der Waals surface area contributed by atoms with E-state index in [1.807, 2.05) is 6.07 Å². The Morgan fingerprint density at radius 3 is 2.74 bits per heavy atom. The normalized spacial score (nSPS) is 10.9. The van der Waals surface area contributed by atoms with Crippen molar-refractivity contribution in [3.05, 3.63) is 52.0 Å². The molecule has 4 heteroatoms. The molecule has 2 aromatic carbocycles. The number of fused-ring (bicyclic) bond motifs is 1. The van der Waals surface area contributed by atoms with Crippen LogP contribution in [0.3, 0.4) is 0 Å². The van der Waals surface area contributed by atoms with Crippen LogP contribution < -0.4 is 5.32 Å². The molecule has 2 nitrogen and oxygen atoms in total. The molecule has 0 spiro atoms. The van der Waals surface area contributed by atoms with Crippen LogP contribution >= 0.6 is 27.3 Å². The molecule has 0 aliphatic carbocycles. The smallest absolute Gasteiger partial charge is 0.188 e. The van der Waals surface area contributed by atoms with Gasteiger partial charge in [0.1, 0.15) is 0 Å². The molecule has 0 aliphatic rings. The molecule has 0 bridgehead atoms. The van der Waals surface area contributed by atoms with Crippen LogP contribution in [0.5, 0.6) is 0 Å². The van der Waals surface area contributed by atoms with E-state index in [1.54, 1.807) is 11.3 Å². The number of hydrogen-bond acceptors (Lipinski definition) is 3. The van der Waals surface area contributed by atoms with E-state index < -0.39 is 0 Å². The highest BCUT2D eigenvalue weighted by molar-refractivity contribution is 9.10. The molecule has 19 heavy (non-hydrogen) atoms. The van der Waals surface area contributed by atoms with Gasteiger partial charge in [0.2, 0.25) is 0 Å². The minimum atomic E-state index is 0.936. The molecule has 0 amide bonds. The fourth-order valence-electron chi connectivity index (χ4n) is 1.98. The summed E-state index contributed by atoms with van der Waals surface area (Å²) < 4.78 is 2.29. The Kier molecular flexibility index (Phi) is 3.29. The fourth-order valence-corrected chi connectivity index (χ4v) is 3.30. The predicted molar refractivity (Wildman–Crippen MR) is 86.5 cm³/mol. The van der Waals surface area contributed by atoms with Gasteiger partial charge in [0, 0.05) is 10.2 Å². The van der Waals surface area contributed by atoms with Gasteiger partial charge in [0.15, 0.2) is 5.13 Å². The molecule has 0 saturated heterocycles. The molecule has 0 radical (unpaired) electrons. The van der Waals surface area contributed by atoms with Crippen molar-refractivity contribution in [2.45, 2.75) is 13.8 Å². The first kappa shape index (κ1) is 12.6. The molecule has 0 aliphatic heterocycles. The maximum Gasteiger partial charge on any atom is 0.188 e. The highest BCUT2D eigenvalue weighted by Gasteiger charge is 2.07. The number of nitrogens with one attached hydrogen (secondary N) is 1. The first-order valence-corrected chi connectivity index (χ1v) is 7.64. The Labute approximate surface area is 124 Å². The number of benzene rings is 2. The molecular formula is C15H13BrN2S. The second kappa shape index (κ2) is 4.94. The van der Waals surface area contributed by atoms with E-state index in [0.717, 1.165) is 20.8 Å². The van der Waals surface area contributed by atoms with Crippen LogP contribution in [0.25, 0.3) is 10.2 Å². The van der Waals surface area contributed by atoms with E-state index >= 15 is 0 Å². The second-order valence-corrected chi connectivity index (χ2v) is 6.47. The van der Waals surface area contributed by atoms with Gasteiger partial charge in [-0.1, -0.05) is 45.5 Å². The summed E-state index contributed by atoms with van der Waals surface area (Å²) in [6.07, 6.45) is 0. The van der Waals surface area contributed by atoms with Gasteiger partial charge in [0.25, 0.3) is 0 Å². The standard InChI is InChI=1S/C15H13BrN2S/c1-9-6-7-11(16)8-12(9)17-15-18-14-10(2)4-3-5-13(14)19-15/h3-8H,1-2H3,(H,17,18). The molecule has 1 aromatic heterocycles. The van der Waals surface area contributed by atoms with Gasteiger partial charge in [-0.3, -0.25) is 0 Å². The predicted octanol–water partition coefficient (Wildman–Crippen LogP) is 5.42. The lowest BCUT2D eigenvalue weighted by atomic mass is 10.2. The van der Waals surface area contributed by atoms with E-state index in [-0.39, 0.29) is 0 Å². The summed E-state index contributed by atoms with van der Waals surface area (Å²) in [5, 5.41) is 4.34. The molecule has 0 fully saturated rings. The molecule has 3 rings (SSSR count). The Hall–Kier alpha value is -1.39. The summed E-state index contributed by atoms with van der Waals surface area (Å²) in [5.41, 5.74) is 4.60. The van der Waals surface area contributed by atoms with Crippen molar-refractivity contribution in [1.82, 2.24) is 4.98 Å². The van der Waals surface area contributed by atoms with E-state index in [2.05, 4.69) is 70.4 Å². The van der Waals surface area contributed by atoms with Crippen molar-refractivity contribution in [2.75, 3.05) is 5.32 Å². The van der Waals surface area contributed by atoms with E-state index in [1.165, 1.54) is 15.8 Å². The van der Waals surface area contributed by atoms with Crippen LogP contribution in [0.1, 0.15) is 11.1 Å². The van der Waals surface area contributed by atoms with Crippen LogP contribution in [0.2, 0.25) is 0 Å². The Balaban J connectivity index is 2.01. The SMILES string of the molecule is Cc1ccc(Br)cc1Nc1nc2c(C)cccc2s1. The molecule has 3 aromatic rings. The number of halogens is 1. The average Bonchev–Trinajstić information content (AvgIpc) is 2.78. The van der Waals surface area contributed by atoms with Crippen LogP contribution in [0.15, 0.2) is 40.9 Å². The van der Waals surface area contributed by atoms with Crippen LogP contribution in [-0.4, -0.2) is 4.98 Å². The highest BCUT2D eigenvalue weighted by Crippen LogP contribution is 2.31. The van der Waals surface area contributed by atoms with Crippen LogP contribution in [0.4, 0.5) is 10.8 Å². The lowest BCUT2D eigenvalue weighted by Gasteiger charge is -2.06. The molecule has 0 atom stereocenters. The average molecular weight is 333 g/mol. The van der Waals surface area contributed by atoms with Gasteiger partial charge in [-0.25, -0.2) is 4.98 Å². The summed E-state index contributed by atoms with van der Waals surface area (Å²) in [7, 11) is 0. The highest BCUT2D eigenvalue weighted by atomic mass is 79.9. The zero-order chi connectivity index (χ0) is 13.4. The molecule has 96 valence electrons. The number of thiazole rings is 1. The number of aromatic nitrogens is 1. The second-order valence-electron chi connectivity index (χ2n) is 4.52. The topological polar surface area (TPSA) is 24.9 Å². The van der Waals surface area contributed by atoms with Gasteiger partial charge in [0.05, 0.1) is 10.2 Å². The first-order chi connectivity index (χ1) is 9.13. The quantitative estimate of drug-likeness (QED) is 0.677. The maximum absolute atomic E-state index is 4.67. The third-order valence-electron chi connectivity index (χ3n) is 3.06. The Morgan fingerprint density at radius 1 is 1.11 bits per heavy atom. The fraction of sp³-hybridized carbons (Fsp3) is 0.133. The van der Waals surface area contributed by atoms with Gasteiger partial charge < -0.3 is 5.32 Å². The summed E-state index contributed by atoms with van der Waals surface area (Å²) in [6.45, 7) is 4.18. The van der Waals surface area contributed by atoms with E-state index in [0.29, 0.717) is 0 Å². The van der Waals surface area contributed by atoms with Crippen molar-refractivity contribution < 1.29 is 0 Å². The largest absolute Gasteiger partial charge is 0.331 e. The number of hydrogen-bond donors (Lipinski definition) is 1. The first-order valence-electron chi connectivity index (χ1n) is 6.03. The van der Waals surface area contributed by atoms with Gasteiger partial charge in [-0.15, -0.1) is 0 Å². The molecule has 1 heterocycles. The van der Waals surface area contributed by atoms with Gasteiger partial charge in [-0.2, -0.15) is 0 Å². The van der Waals surface area contributed by atoms with E-state index in [4.69, 9.17) is 0 Å². The zero-order valence-corrected chi connectivity index (χ0v) is 13.1. The summed E-state index contributed by atoms with van der Waals surface area (Å²) >= 11 is 5.18. The van der Waals surface area contributed by atoms with Crippen molar-refractivity contribution >= 4 is 48.3 Å². The van der Waals surface area contributed by atoms with E-state index in [9.17, 15) is 0 Å². The maximum atomic E-state index is 4.67. The Bertz CT molecular complexity index is 749. The van der Waals surface area contributed by atoms with Gasteiger partial charge >= 0.3 is 0 Å². The minimum Gasteiger partial charge on any atom is -0.331 e. The number of anilines is 2. The summed E-state index contributed by atoms with van der Waals surface area (Å²) in [4.78, 5) is 4.67. The van der Waals surface area contributed by atoms with Crippen molar-refractivity contribution in [3.63, 3.8) is 0 Å². The monoisotopic (exact) mass is 332 g/mol. The number of para-hydroxylation sites is 1. The lowest BCUT2D eigenvalue weighted by molar-refractivity contribution is 1.37. The van der Waals surface area contributed by atoms with Crippen LogP contribution in [-0.2, 0) is 0 Å². The lowest BCUT2D eigenvalue weighted by Crippen LogP contribution is -1.92. The van der Waals surface area contributed by atoms with Crippen molar-refractivity contribution in [3.8, 4) is 0 Å².